The highest BCUT2D eigenvalue weighted by molar-refractivity contribution is 5.70. The molecule has 0 unspecified atom stereocenters. The molecule has 0 aromatic carbocycles. The summed E-state index contributed by atoms with van der Waals surface area (Å²) in [6.07, 6.45) is 6.88. The minimum Gasteiger partial charge on any atom is -0.444 e. The van der Waals surface area contributed by atoms with Gasteiger partial charge < -0.3 is 19.7 Å². The first-order valence-corrected chi connectivity index (χ1v) is 11.8. The number of likely N-dealkylation sites (N-methyl/N-ethyl adjacent to an activating group) is 1. The summed E-state index contributed by atoms with van der Waals surface area (Å²) in [5.74, 6) is 0. The van der Waals surface area contributed by atoms with Crippen molar-refractivity contribution in [3.8, 4) is 0 Å². The van der Waals surface area contributed by atoms with Crippen LogP contribution in [0.2, 0.25) is 0 Å². The molecule has 4 atom stereocenters. The Balaban J connectivity index is 1.93. The summed E-state index contributed by atoms with van der Waals surface area (Å²) in [6.45, 7) is 9.75. The largest absolute Gasteiger partial charge is 0.444 e. The molecule has 7 nitrogen and oxygen atoms in total. The second-order valence-corrected chi connectivity index (χ2v) is 10.9. The fourth-order valence-electron chi connectivity index (χ4n) is 5.70. The number of aliphatic hydroxyl groups is 2. The van der Waals surface area contributed by atoms with Crippen molar-refractivity contribution in [2.75, 3.05) is 20.3 Å². The van der Waals surface area contributed by atoms with Gasteiger partial charge in [0.05, 0.1) is 30.9 Å². The van der Waals surface area contributed by atoms with E-state index >= 15 is 0 Å². The van der Waals surface area contributed by atoms with Gasteiger partial charge in [-0.15, -0.1) is 0 Å². The molecule has 0 aromatic heterocycles. The molecule has 1 saturated carbocycles. The summed E-state index contributed by atoms with van der Waals surface area (Å²) < 4.78 is 12.1. The zero-order valence-corrected chi connectivity index (χ0v) is 20.2. The first-order valence-electron chi connectivity index (χ1n) is 11.8. The van der Waals surface area contributed by atoms with Gasteiger partial charge in [0.25, 0.3) is 0 Å². The number of hydrogen-bond acceptors (Lipinski definition) is 6. The van der Waals surface area contributed by atoms with Crippen LogP contribution in [0.5, 0.6) is 0 Å². The Morgan fingerprint density at radius 1 is 1.23 bits per heavy atom. The molecule has 0 aromatic rings. The van der Waals surface area contributed by atoms with E-state index in [-0.39, 0.29) is 19.3 Å². The molecule has 1 spiro atoms. The molecule has 178 valence electrons. The maximum Gasteiger partial charge on any atom is 0.413 e. The van der Waals surface area contributed by atoms with Crippen LogP contribution in [-0.2, 0) is 9.47 Å². The minimum absolute atomic E-state index is 0.146. The summed E-state index contributed by atoms with van der Waals surface area (Å²) in [5, 5.41) is 22.2. The highest BCUT2D eigenvalue weighted by Gasteiger charge is 2.59. The first-order chi connectivity index (χ1) is 14.5. The fraction of sp³-hybridized carbons (Fsp3) is 0.875. The average molecular weight is 439 g/mol. The Hall–Kier alpha value is -1.15. The van der Waals surface area contributed by atoms with Crippen LogP contribution in [0.25, 0.3) is 0 Å². The third-order valence-electron chi connectivity index (χ3n) is 7.31. The number of carbonyl (C=O) groups excluding carboxylic acids is 1. The summed E-state index contributed by atoms with van der Waals surface area (Å²) in [6, 6.07) is -0.416. The number of carbonyl (C=O) groups is 1. The molecule has 7 heteroatoms. The van der Waals surface area contributed by atoms with Gasteiger partial charge in [-0.2, -0.15) is 0 Å². The molecule has 2 saturated heterocycles. The number of hydrogen-bond donors (Lipinski definition) is 2. The van der Waals surface area contributed by atoms with Crippen molar-refractivity contribution in [3.05, 3.63) is 11.6 Å². The summed E-state index contributed by atoms with van der Waals surface area (Å²) in [4.78, 5) is 17.1. The van der Waals surface area contributed by atoms with Gasteiger partial charge in [-0.25, -0.2) is 4.79 Å². The number of nitrogens with zero attached hydrogens (tertiary/aromatic N) is 2. The van der Waals surface area contributed by atoms with Crippen molar-refractivity contribution >= 4 is 6.09 Å². The third-order valence-corrected chi connectivity index (χ3v) is 7.31. The average Bonchev–Trinajstić information content (AvgIpc) is 3.19. The molecule has 0 bridgehead atoms. The van der Waals surface area contributed by atoms with Crippen molar-refractivity contribution in [1.29, 1.82) is 0 Å². The van der Waals surface area contributed by atoms with Crippen LogP contribution >= 0.6 is 0 Å². The normalized spacial score (nSPS) is 32.3. The number of rotatable bonds is 4. The molecule has 1 aliphatic carbocycles. The van der Waals surface area contributed by atoms with Crippen LogP contribution in [-0.4, -0.2) is 81.4 Å². The number of likely N-dealkylation sites (tertiary alicyclic amines) is 1. The molecule has 2 aliphatic heterocycles. The highest BCUT2D eigenvalue weighted by Crippen LogP contribution is 2.45. The lowest BCUT2D eigenvalue weighted by molar-refractivity contribution is -0.120. The van der Waals surface area contributed by atoms with E-state index in [1.165, 1.54) is 5.57 Å². The van der Waals surface area contributed by atoms with Gasteiger partial charge in [0, 0.05) is 6.04 Å². The van der Waals surface area contributed by atoms with E-state index in [0.29, 0.717) is 6.42 Å². The Labute approximate surface area is 187 Å². The van der Waals surface area contributed by atoms with Crippen LogP contribution < -0.4 is 0 Å². The monoisotopic (exact) mass is 438 g/mol. The van der Waals surface area contributed by atoms with Crippen LogP contribution in [0.3, 0.4) is 0 Å². The minimum atomic E-state index is -0.952. The van der Waals surface area contributed by atoms with E-state index in [2.05, 4.69) is 24.8 Å². The van der Waals surface area contributed by atoms with E-state index in [9.17, 15) is 15.0 Å². The highest BCUT2D eigenvalue weighted by atomic mass is 16.6. The molecule has 3 aliphatic rings. The van der Waals surface area contributed by atoms with Gasteiger partial charge in [0.1, 0.15) is 11.3 Å². The van der Waals surface area contributed by atoms with Gasteiger partial charge in [0.15, 0.2) is 0 Å². The predicted octanol–water partition coefficient (Wildman–Crippen LogP) is 3.44. The maximum absolute atomic E-state index is 13.4. The van der Waals surface area contributed by atoms with E-state index in [1.54, 1.807) is 4.90 Å². The number of aliphatic hydroxyl groups excluding tert-OH is 2. The van der Waals surface area contributed by atoms with Gasteiger partial charge in [-0.05, 0) is 80.2 Å². The SMILES string of the molecule is CC(C)=C[C@H]1CC[C@](CO)([C@@H](O)[C@@H]2COC3(CCCCC3)N2C(=O)OC(C)(C)C)N1C. The van der Waals surface area contributed by atoms with Crippen molar-refractivity contribution in [1.82, 2.24) is 9.80 Å². The van der Waals surface area contributed by atoms with Gasteiger partial charge in [-0.3, -0.25) is 9.80 Å². The van der Waals surface area contributed by atoms with E-state index in [1.807, 2.05) is 27.8 Å². The van der Waals surface area contributed by atoms with Gasteiger partial charge >= 0.3 is 6.09 Å². The predicted molar refractivity (Wildman–Crippen MR) is 120 cm³/mol. The Kier molecular flexibility index (Phi) is 7.11. The van der Waals surface area contributed by atoms with E-state index < -0.39 is 35.1 Å². The standard InChI is InChI=1S/C24H42N2O5/c1-17(2)14-18-10-13-23(16-27,25(18)6)20(28)19-15-30-24(11-8-7-9-12-24)26(19)21(29)31-22(3,4)5/h14,18-20,27-28H,7-13,15-16H2,1-6H3/t18-,19+,20+,23+/m1/s1. The molecule has 3 rings (SSSR count). The number of amides is 1. The topological polar surface area (TPSA) is 82.5 Å². The molecule has 0 radical (unpaired) electrons. The molecule has 2 heterocycles. The van der Waals surface area contributed by atoms with Gasteiger partial charge in [0.2, 0.25) is 0 Å². The summed E-state index contributed by atoms with van der Waals surface area (Å²) >= 11 is 0. The zero-order valence-electron chi connectivity index (χ0n) is 20.2. The fourth-order valence-corrected chi connectivity index (χ4v) is 5.70. The van der Waals surface area contributed by atoms with Crippen LogP contribution in [0, 0.1) is 0 Å². The third kappa shape index (κ3) is 4.65. The van der Waals surface area contributed by atoms with Crippen LogP contribution in [0.1, 0.15) is 79.6 Å². The summed E-state index contributed by atoms with van der Waals surface area (Å²) in [7, 11) is 1.96. The maximum atomic E-state index is 13.4. The first kappa shape index (κ1) is 24.5. The molecule has 3 fully saturated rings. The van der Waals surface area contributed by atoms with Crippen molar-refractivity contribution in [2.45, 2.75) is 115 Å². The second-order valence-electron chi connectivity index (χ2n) is 10.9. The van der Waals surface area contributed by atoms with Crippen molar-refractivity contribution < 1.29 is 24.5 Å². The number of allylic oxidation sites excluding steroid dienone is 1. The van der Waals surface area contributed by atoms with E-state index in [4.69, 9.17) is 9.47 Å². The molecular formula is C24H42N2O5. The lowest BCUT2D eigenvalue weighted by atomic mass is 9.84. The lowest BCUT2D eigenvalue weighted by Gasteiger charge is -2.47. The zero-order chi connectivity index (χ0) is 23.0. The van der Waals surface area contributed by atoms with Crippen molar-refractivity contribution in [2.24, 2.45) is 0 Å². The Morgan fingerprint density at radius 2 is 1.87 bits per heavy atom. The van der Waals surface area contributed by atoms with Crippen LogP contribution in [0.15, 0.2) is 11.6 Å². The lowest BCUT2D eigenvalue weighted by Crippen LogP contribution is -2.65. The molecule has 1 amide bonds. The smallest absolute Gasteiger partial charge is 0.413 e. The Morgan fingerprint density at radius 3 is 2.42 bits per heavy atom. The number of ether oxygens (including phenoxy) is 2. The van der Waals surface area contributed by atoms with Crippen LogP contribution in [0.4, 0.5) is 4.79 Å². The van der Waals surface area contributed by atoms with E-state index in [0.717, 1.165) is 38.5 Å². The molecule has 2 N–H and O–H groups in total. The molecule has 31 heavy (non-hydrogen) atoms. The second kappa shape index (κ2) is 9.00. The van der Waals surface area contributed by atoms with Gasteiger partial charge in [-0.1, -0.05) is 18.1 Å². The van der Waals surface area contributed by atoms with Crippen molar-refractivity contribution in [3.63, 3.8) is 0 Å². The summed E-state index contributed by atoms with van der Waals surface area (Å²) in [5.41, 5.74) is -0.983. The molecular weight excluding hydrogens is 396 g/mol. The quantitative estimate of drug-likeness (QED) is 0.655. The Bertz CT molecular complexity index is 678.